The number of nitrogens with zero attached hydrogens (tertiary/aromatic N) is 3. The summed E-state index contributed by atoms with van der Waals surface area (Å²) in [5, 5.41) is 19.6. The summed E-state index contributed by atoms with van der Waals surface area (Å²) in [4.78, 5) is 12.9. The largest absolute Gasteiger partial charge is 0.507 e. The zero-order valence-electron chi connectivity index (χ0n) is 15.0. The SMILES string of the molecule is Cc1cc(C)cc(-c2ncnc(-c3ccc(OCC(C)O)cc3O)n2)c1. The number of aromatic nitrogens is 3. The molecule has 26 heavy (non-hydrogen) atoms. The Morgan fingerprint density at radius 3 is 2.35 bits per heavy atom. The highest BCUT2D eigenvalue weighted by Crippen LogP contribution is 2.31. The lowest BCUT2D eigenvalue weighted by Gasteiger charge is -2.10. The third kappa shape index (κ3) is 4.15. The van der Waals surface area contributed by atoms with Crippen LogP contribution in [-0.4, -0.2) is 37.9 Å². The second-order valence-electron chi connectivity index (χ2n) is 6.35. The molecule has 6 heteroatoms. The van der Waals surface area contributed by atoms with E-state index in [4.69, 9.17) is 4.74 Å². The standard InChI is InChI=1S/C20H21N3O3/c1-12-6-13(2)8-15(7-12)19-21-11-22-20(23-19)17-5-4-16(9-18(17)25)26-10-14(3)24/h4-9,11,14,24-25H,10H2,1-3H3. The van der Waals surface area contributed by atoms with Crippen LogP contribution in [0.1, 0.15) is 18.1 Å². The first-order chi connectivity index (χ1) is 12.4. The number of phenolic OH excluding ortho intramolecular Hbond substituents is 1. The van der Waals surface area contributed by atoms with Crippen molar-refractivity contribution in [2.75, 3.05) is 6.61 Å². The lowest BCUT2D eigenvalue weighted by molar-refractivity contribution is 0.122. The van der Waals surface area contributed by atoms with Gasteiger partial charge in [-0.25, -0.2) is 15.0 Å². The first kappa shape index (κ1) is 17.8. The second kappa shape index (κ2) is 7.49. The van der Waals surface area contributed by atoms with Gasteiger partial charge < -0.3 is 14.9 Å². The maximum atomic E-state index is 10.3. The smallest absolute Gasteiger partial charge is 0.167 e. The van der Waals surface area contributed by atoms with Crippen molar-refractivity contribution in [1.29, 1.82) is 0 Å². The fraction of sp³-hybridized carbons (Fsp3) is 0.250. The summed E-state index contributed by atoms with van der Waals surface area (Å²) in [5.41, 5.74) is 3.65. The molecule has 1 aromatic heterocycles. The zero-order chi connectivity index (χ0) is 18.7. The van der Waals surface area contributed by atoms with Crippen molar-refractivity contribution in [3.8, 4) is 34.3 Å². The van der Waals surface area contributed by atoms with Gasteiger partial charge in [-0.2, -0.15) is 0 Å². The highest BCUT2D eigenvalue weighted by Gasteiger charge is 2.12. The van der Waals surface area contributed by atoms with Crippen LogP contribution in [0.25, 0.3) is 22.8 Å². The summed E-state index contributed by atoms with van der Waals surface area (Å²) < 4.78 is 5.40. The van der Waals surface area contributed by atoms with Gasteiger partial charge in [0, 0.05) is 11.6 Å². The average Bonchev–Trinajstić information content (AvgIpc) is 2.59. The van der Waals surface area contributed by atoms with Crippen LogP contribution in [-0.2, 0) is 0 Å². The summed E-state index contributed by atoms with van der Waals surface area (Å²) >= 11 is 0. The molecule has 3 aromatic rings. The van der Waals surface area contributed by atoms with E-state index in [1.54, 1.807) is 19.1 Å². The molecule has 6 nitrogen and oxygen atoms in total. The summed E-state index contributed by atoms with van der Waals surface area (Å²) in [6.45, 7) is 5.84. The third-order valence-electron chi connectivity index (χ3n) is 3.75. The Morgan fingerprint density at radius 1 is 1.00 bits per heavy atom. The van der Waals surface area contributed by atoms with Gasteiger partial charge in [-0.15, -0.1) is 0 Å². The predicted molar refractivity (Wildman–Crippen MR) is 99.0 cm³/mol. The van der Waals surface area contributed by atoms with Crippen molar-refractivity contribution in [2.45, 2.75) is 26.9 Å². The Kier molecular flexibility index (Phi) is 5.14. The molecule has 0 bridgehead atoms. The minimum Gasteiger partial charge on any atom is -0.507 e. The highest BCUT2D eigenvalue weighted by molar-refractivity contribution is 5.67. The first-order valence-electron chi connectivity index (χ1n) is 8.34. The third-order valence-corrected chi connectivity index (χ3v) is 3.75. The van der Waals surface area contributed by atoms with Crippen LogP contribution in [0.2, 0.25) is 0 Å². The van der Waals surface area contributed by atoms with Crippen LogP contribution in [0, 0.1) is 13.8 Å². The van der Waals surface area contributed by atoms with Gasteiger partial charge in [-0.3, -0.25) is 0 Å². The van der Waals surface area contributed by atoms with Gasteiger partial charge >= 0.3 is 0 Å². The topological polar surface area (TPSA) is 88.4 Å². The number of phenols is 1. The van der Waals surface area contributed by atoms with Crippen LogP contribution in [0.4, 0.5) is 0 Å². The van der Waals surface area contributed by atoms with E-state index in [1.807, 2.05) is 26.0 Å². The Hall–Kier alpha value is -2.99. The van der Waals surface area contributed by atoms with Crippen molar-refractivity contribution >= 4 is 0 Å². The normalized spacial score (nSPS) is 12.0. The van der Waals surface area contributed by atoms with E-state index in [-0.39, 0.29) is 12.4 Å². The molecular formula is C20H21N3O3. The van der Waals surface area contributed by atoms with Crippen LogP contribution in [0.15, 0.2) is 42.7 Å². The molecule has 0 amide bonds. The van der Waals surface area contributed by atoms with Crippen LogP contribution < -0.4 is 4.74 Å². The molecule has 1 heterocycles. The van der Waals surface area contributed by atoms with Gasteiger partial charge in [0.1, 0.15) is 24.4 Å². The lowest BCUT2D eigenvalue weighted by Crippen LogP contribution is -2.12. The number of hydrogen-bond donors (Lipinski definition) is 2. The van der Waals surface area contributed by atoms with Crippen molar-refractivity contribution in [3.05, 3.63) is 53.9 Å². The van der Waals surface area contributed by atoms with Gasteiger partial charge in [0.05, 0.1) is 11.7 Å². The molecule has 0 saturated carbocycles. The summed E-state index contributed by atoms with van der Waals surface area (Å²) in [7, 11) is 0. The number of benzene rings is 2. The second-order valence-corrected chi connectivity index (χ2v) is 6.35. The summed E-state index contributed by atoms with van der Waals surface area (Å²) in [6.07, 6.45) is 0.854. The van der Waals surface area contributed by atoms with E-state index in [2.05, 4.69) is 21.0 Å². The van der Waals surface area contributed by atoms with Gasteiger partial charge in [-0.1, -0.05) is 17.2 Å². The maximum absolute atomic E-state index is 10.3. The Bertz CT molecular complexity index is 906. The molecule has 0 radical (unpaired) electrons. The van der Waals surface area contributed by atoms with E-state index in [9.17, 15) is 10.2 Å². The molecule has 0 spiro atoms. The molecule has 0 saturated heterocycles. The fourth-order valence-corrected chi connectivity index (χ4v) is 2.68. The predicted octanol–water partition coefficient (Wildman–Crippen LogP) is 3.29. The van der Waals surface area contributed by atoms with E-state index < -0.39 is 6.10 Å². The molecule has 2 N–H and O–H groups in total. The number of rotatable bonds is 5. The van der Waals surface area contributed by atoms with E-state index >= 15 is 0 Å². The summed E-state index contributed by atoms with van der Waals surface area (Å²) in [6, 6.07) is 11.0. The van der Waals surface area contributed by atoms with Crippen LogP contribution in [0.3, 0.4) is 0 Å². The minimum atomic E-state index is -0.583. The molecule has 2 aromatic carbocycles. The van der Waals surface area contributed by atoms with Gasteiger partial charge in [0.25, 0.3) is 0 Å². The van der Waals surface area contributed by atoms with Crippen LogP contribution >= 0.6 is 0 Å². The molecule has 134 valence electrons. The highest BCUT2D eigenvalue weighted by atomic mass is 16.5. The quantitative estimate of drug-likeness (QED) is 0.733. The molecule has 0 aliphatic carbocycles. The number of aryl methyl sites for hydroxylation is 2. The molecule has 1 atom stereocenters. The first-order valence-corrected chi connectivity index (χ1v) is 8.34. The van der Waals surface area contributed by atoms with Gasteiger partial charge in [0.2, 0.25) is 0 Å². The number of aliphatic hydroxyl groups excluding tert-OH is 1. The number of aliphatic hydroxyl groups is 1. The van der Waals surface area contributed by atoms with E-state index in [0.29, 0.717) is 23.0 Å². The molecular weight excluding hydrogens is 330 g/mol. The fourth-order valence-electron chi connectivity index (χ4n) is 2.68. The van der Waals surface area contributed by atoms with Crippen molar-refractivity contribution in [2.24, 2.45) is 0 Å². The zero-order valence-corrected chi connectivity index (χ0v) is 15.0. The van der Waals surface area contributed by atoms with Crippen LogP contribution in [0.5, 0.6) is 11.5 Å². The van der Waals surface area contributed by atoms with Gasteiger partial charge in [-0.05, 0) is 45.0 Å². The Labute approximate surface area is 152 Å². The van der Waals surface area contributed by atoms with Crippen molar-refractivity contribution in [1.82, 2.24) is 15.0 Å². The number of hydrogen-bond acceptors (Lipinski definition) is 6. The molecule has 3 rings (SSSR count). The number of aromatic hydroxyl groups is 1. The lowest BCUT2D eigenvalue weighted by atomic mass is 10.1. The molecule has 0 aliphatic heterocycles. The van der Waals surface area contributed by atoms with E-state index in [0.717, 1.165) is 16.7 Å². The van der Waals surface area contributed by atoms with Gasteiger partial charge in [0.15, 0.2) is 11.6 Å². The molecule has 0 aliphatic rings. The summed E-state index contributed by atoms with van der Waals surface area (Å²) in [5.74, 6) is 1.41. The monoisotopic (exact) mass is 351 g/mol. The van der Waals surface area contributed by atoms with Crippen molar-refractivity contribution < 1.29 is 14.9 Å². The molecule has 1 unspecified atom stereocenters. The minimum absolute atomic E-state index is 0.00525. The average molecular weight is 351 g/mol. The Morgan fingerprint density at radius 2 is 1.69 bits per heavy atom. The van der Waals surface area contributed by atoms with Crippen molar-refractivity contribution in [3.63, 3.8) is 0 Å². The number of ether oxygens (including phenoxy) is 1. The maximum Gasteiger partial charge on any atom is 0.167 e. The Balaban J connectivity index is 1.93. The van der Waals surface area contributed by atoms with E-state index in [1.165, 1.54) is 12.4 Å². The molecule has 0 fully saturated rings.